The Morgan fingerprint density at radius 1 is 1.04 bits per heavy atom. The van der Waals surface area contributed by atoms with Gasteiger partial charge in [0.1, 0.15) is 17.7 Å². The molecule has 0 spiro atoms. The molecule has 0 aliphatic carbocycles. The number of halogens is 1. The molecule has 0 saturated carbocycles. The van der Waals surface area contributed by atoms with Crippen LogP contribution in [0.2, 0.25) is 0 Å². The normalized spacial score (nSPS) is 10.1. The van der Waals surface area contributed by atoms with Crippen molar-refractivity contribution in [3.8, 4) is 11.5 Å². The number of phenols is 1. The molecule has 2 N–H and O–H groups in total. The first-order chi connectivity index (χ1) is 11.1. The molecule has 24 heavy (non-hydrogen) atoms. The molecule has 0 amide bonds. The molecule has 131 valence electrons. The van der Waals surface area contributed by atoms with Crippen molar-refractivity contribution in [2.45, 2.75) is 38.3 Å². The van der Waals surface area contributed by atoms with E-state index in [9.17, 15) is 4.39 Å². The van der Waals surface area contributed by atoms with Crippen LogP contribution in [0.1, 0.15) is 38.9 Å². The van der Waals surface area contributed by atoms with Gasteiger partial charge in [-0.15, -0.1) is 0 Å². The van der Waals surface area contributed by atoms with Crippen LogP contribution in [0.4, 0.5) is 4.39 Å². The van der Waals surface area contributed by atoms with E-state index in [1.54, 1.807) is 50.4 Å². The van der Waals surface area contributed by atoms with Crippen molar-refractivity contribution < 1.29 is 51.5 Å². The first-order valence-electron chi connectivity index (χ1n) is 7.49. The Morgan fingerprint density at radius 3 is 1.92 bits per heavy atom. The maximum Gasteiger partial charge on any atom is 0.125 e. The van der Waals surface area contributed by atoms with E-state index >= 15 is 0 Å². The molecule has 0 aliphatic rings. The Bertz CT molecular complexity index is 498. The summed E-state index contributed by atoms with van der Waals surface area (Å²) < 4.78 is 26.4. The Kier molecular flexibility index (Phi) is 17.0. The fourth-order valence-corrected chi connectivity index (χ4v) is 1.81. The minimum absolute atomic E-state index is 0. The van der Waals surface area contributed by atoms with Crippen LogP contribution in [0.5, 0.6) is 11.5 Å². The number of methoxy groups -OCH3 is 1. The second-order valence-corrected chi connectivity index (χ2v) is 4.89. The van der Waals surface area contributed by atoms with E-state index in [1.165, 1.54) is 12.1 Å². The molecule has 0 bridgehead atoms. The topological polar surface area (TPSA) is 49.7 Å². The van der Waals surface area contributed by atoms with Crippen molar-refractivity contribution in [2.75, 3.05) is 7.11 Å². The molecule has 2 aromatic rings. The van der Waals surface area contributed by atoms with Crippen LogP contribution in [0.3, 0.4) is 0 Å². The molecule has 0 fully saturated rings. The van der Waals surface area contributed by atoms with Gasteiger partial charge in [0.05, 0.1) is 7.11 Å². The third-order valence-corrected chi connectivity index (χ3v) is 3.26. The minimum Gasteiger partial charge on any atom is -0.508 e. The molecule has 1 unspecified atom stereocenters. The van der Waals surface area contributed by atoms with Gasteiger partial charge < -0.3 is 14.4 Å². The van der Waals surface area contributed by atoms with Gasteiger partial charge in [0, 0.05) is 49.6 Å². The SMILES string of the molecule is CC.CCC(F)c1ccc(O)cc1.COc1ccc(SO)cc1.[Y]. The van der Waals surface area contributed by atoms with E-state index in [0.29, 0.717) is 12.0 Å². The van der Waals surface area contributed by atoms with Gasteiger partial charge in [-0.2, -0.15) is 0 Å². The summed E-state index contributed by atoms with van der Waals surface area (Å²) in [6.45, 7) is 5.79. The van der Waals surface area contributed by atoms with Gasteiger partial charge in [0.15, 0.2) is 0 Å². The summed E-state index contributed by atoms with van der Waals surface area (Å²) in [7, 11) is 1.61. The van der Waals surface area contributed by atoms with Crippen LogP contribution in [0.15, 0.2) is 53.4 Å². The number of hydrogen-bond donors (Lipinski definition) is 2. The number of rotatable bonds is 4. The number of phenolic OH excluding ortho intramolecular Hbond substituents is 1. The fourth-order valence-electron chi connectivity index (χ4n) is 1.56. The van der Waals surface area contributed by atoms with E-state index in [1.807, 2.05) is 13.8 Å². The zero-order valence-corrected chi connectivity index (χ0v) is 18.2. The van der Waals surface area contributed by atoms with E-state index < -0.39 is 6.17 Å². The molecule has 1 atom stereocenters. The molecule has 3 nitrogen and oxygen atoms in total. The van der Waals surface area contributed by atoms with Crippen LogP contribution in [0, 0.1) is 0 Å². The molecular weight excluding hydrogens is 404 g/mol. The second kappa shape index (κ2) is 15.9. The number of alkyl halides is 1. The van der Waals surface area contributed by atoms with E-state index in [-0.39, 0.29) is 38.5 Å². The summed E-state index contributed by atoms with van der Waals surface area (Å²) in [6, 6.07) is 13.4. The fraction of sp³-hybridized carbons (Fsp3) is 0.333. The van der Waals surface area contributed by atoms with Gasteiger partial charge in [-0.25, -0.2) is 4.39 Å². The van der Waals surface area contributed by atoms with Crippen LogP contribution in [-0.2, 0) is 32.7 Å². The number of ether oxygens (including phenoxy) is 1. The number of hydrogen-bond acceptors (Lipinski definition) is 4. The Balaban J connectivity index is 0. The Hall–Kier alpha value is -0.616. The predicted octanol–water partition coefficient (Wildman–Crippen LogP) is 6.10. The molecule has 2 rings (SSSR count). The largest absolute Gasteiger partial charge is 0.508 e. The van der Waals surface area contributed by atoms with Crippen molar-refractivity contribution in [3.63, 3.8) is 0 Å². The maximum atomic E-state index is 12.9. The first kappa shape index (κ1) is 25.6. The summed E-state index contributed by atoms with van der Waals surface area (Å²) in [4.78, 5) is 0.820. The number of benzene rings is 2. The van der Waals surface area contributed by atoms with E-state index in [4.69, 9.17) is 14.4 Å². The summed E-state index contributed by atoms with van der Waals surface area (Å²) in [5.41, 5.74) is 0.630. The average molecular weight is 429 g/mol. The quantitative estimate of drug-likeness (QED) is 0.577. The van der Waals surface area contributed by atoms with Crippen LogP contribution >= 0.6 is 12.0 Å². The molecule has 2 aromatic carbocycles. The van der Waals surface area contributed by atoms with Gasteiger partial charge in [-0.1, -0.05) is 32.9 Å². The summed E-state index contributed by atoms with van der Waals surface area (Å²) >= 11 is 0.732. The van der Waals surface area contributed by atoms with Gasteiger partial charge >= 0.3 is 0 Å². The summed E-state index contributed by atoms with van der Waals surface area (Å²) in [6.07, 6.45) is -0.430. The molecule has 0 heterocycles. The standard InChI is InChI=1S/C9H11FO.C7H8O2S.C2H6.Y/c1-2-9(10)7-3-5-8(11)6-4-7;1-9-6-2-4-7(10-8)5-3-6;1-2;/h3-6,9,11H,2H2,1H3;2-5,8H,1H3;1-2H3;. The maximum absolute atomic E-state index is 12.9. The van der Waals surface area contributed by atoms with Gasteiger partial charge in [0.25, 0.3) is 0 Å². The third kappa shape index (κ3) is 10.3. The summed E-state index contributed by atoms with van der Waals surface area (Å²) in [5, 5.41) is 8.89. The average Bonchev–Trinajstić information content (AvgIpc) is 2.64. The second-order valence-electron chi connectivity index (χ2n) is 4.23. The third-order valence-electron chi connectivity index (χ3n) is 2.78. The Labute approximate surface area is 173 Å². The summed E-state index contributed by atoms with van der Waals surface area (Å²) in [5.74, 6) is 0.981. The van der Waals surface area contributed by atoms with E-state index in [0.717, 1.165) is 22.7 Å². The molecule has 6 heteroatoms. The van der Waals surface area contributed by atoms with Crippen molar-refractivity contribution in [3.05, 3.63) is 54.1 Å². The molecule has 0 aromatic heterocycles. The van der Waals surface area contributed by atoms with Crippen molar-refractivity contribution in [1.29, 1.82) is 0 Å². The Morgan fingerprint density at radius 2 is 1.54 bits per heavy atom. The van der Waals surface area contributed by atoms with Crippen LogP contribution in [-0.4, -0.2) is 16.8 Å². The monoisotopic (exact) mass is 429 g/mol. The van der Waals surface area contributed by atoms with Crippen molar-refractivity contribution >= 4 is 12.0 Å². The van der Waals surface area contributed by atoms with Crippen molar-refractivity contribution in [1.82, 2.24) is 0 Å². The predicted molar refractivity (Wildman–Crippen MR) is 95.1 cm³/mol. The van der Waals surface area contributed by atoms with Crippen LogP contribution < -0.4 is 4.74 Å². The van der Waals surface area contributed by atoms with Crippen molar-refractivity contribution in [2.24, 2.45) is 0 Å². The number of aromatic hydroxyl groups is 1. The van der Waals surface area contributed by atoms with Crippen LogP contribution in [0.25, 0.3) is 0 Å². The first-order valence-corrected chi connectivity index (χ1v) is 8.26. The zero-order chi connectivity index (χ0) is 17.7. The smallest absolute Gasteiger partial charge is 0.125 e. The molecule has 0 saturated heterocycles. The van der Waals surface area contributed by atoms with Gasteiger partial charge in [-0.05, 0) is 48.4 Å². The van der Waals surface area contributed by atoms with Gasteiger partial charge in [0.2, 0.25) is 0 Å². The minimum atomic E-state index is -0.907. The molecule has 1 radical (unpaired) electrons. The zero-order valence-electron chi connectivity index (χ0n) is 14.6. The van der Waals surface area contributed by atoms with Gasteiger partial charge in [-0.3, -0.25) is 0 Å². The van der Waals surface area contributed by atoms with E-state index in [2.05, 4.69) is 0 Å². The molecular formula is C18H25FO3SY. The molecule has 0 aliphatic heterocycles.